The second kappa shape index (κ2) is 6.49. The zero-order valence-corrected chi connectivity index (χ0v) is 10.7. The van der Waals surface area contributed by atoms with E-state index in [-0.39, 0.29) is 0 Å². The summed E-state index contributed by atoms with van der Waals surface area (Å²) in [4.78, 5) is 0. The van der Waals surface area contributed by atoms with Crippen LogP contribution >= 0.6 is 0 Å². The van der Waals surface area contributed by atoms with Gasteiger partial charge in [-0.2, -0.15) is 0 Å². The summed E-state index contributed by atoms with van der Waals surface area (Å²) in [5.41, 5.74) is 1.41. The summed E-state index contributed by atoms with van der Waals surface area (Å²) in [6, 6.07) is 10.7. The number of rotatable bonds is 7. The first kappa shape index (κ1) is 13.0. The molecule has 1 rings (SSSR count). The van der Waals surface area contributed by atoms with E-state index in [1.807, 2.05) is 0 Å². The second-order valence-corrected chi connectivity index (χ2v) is 4.49. The van der Waals surface area contributed by atoms with Crippen LogP contribution in [0.1, 0.15) is 32.3 Å². The summed E-state index contributed by atoms with van der Waals surface area (Å²) >= 11 is 0. The lowest BCUT2D eigenvalue weighted by Gasteiger charge is -2.34. The number of hydrogen-bond donors (Lipinski definition) is 0. The highest BCUT2D eigenvalue weighted by molar-refractivity contribution is 5.13. The molecule has 1 nitrogen and oxygen atoms in total. The Labute approximate surface area is 100.0 Å². The predicted molar refractivity (Wildman–Crippen MR) is 70.9 cm³/mol. The summed E-state index contributed by atoms with van der Waals surface area (Å²) in [7, 11) is 0. The van der Waals surface area contributed by atoms with Gasteiger partial charge >= 0.3 is 0 Å². The van der Waals surface area contributed by atoms with Crippen LogP contribution in [0, 0.1) is 0 Å². The standard InChI is InChI=1S/C15H24N/c1-4-12-16(6-3,13-5-2)14-15-10-8-7-9-11-15/h6-11H,3-5,12-14H2,1-2H3/q+1. The third kappa shape index (κ3) is 3.49. The van der Waals surface area contributed by atoms with Gasteiger partial charge in [0.05, 0.1) is 19.3 Å². The average molecular weight is 218 g/mol. The van der Waals surface area contributed by atoms with Gasteiger partial charge in [0.1, 0.15) is 6.54 Å². The fraction of sp³-hybridized carbons (Fsp3) is 0.467. The van der Waals surface area contributed by atoms with Gasteiger partial charge in [-0.15, -0.1) is 0 Å². The van der Waals surface area contributed by atoms with Gasteiger partial charge in [0, 0.05) is 5.56 Å². The molecule has 0 heterocycles. The Morgan fingerprint density at radius 2 is 1.62 bits per heavy atom. The van der Waals surface area contributed by atoms with Crippen LogP contribution in [0.15, 0.2) is 43.1 Å². The minimum Gasteiger partial charge on any atom is -0.294 e. The lowest BCUT2D eigenvalue weighted by atomic mass is 10.1. The van der Waals surface area contributed by atoms with E-state index >= 15 is 0 Å². The normalized spacial score (nSPS) is 11.4. The molecule has 0 aliphatic carbocycles. The highest BCUT2D eigenvalue weighted by atomic mass is 15.3. The fourth-order valence-electron chi connectivity index (χ4n) is 2.35. The van der Waals surface area contributed by atoms with E-state index < -0.39 is 0 Å². The van der Waals surface area contributed by atoms with Crippen LogP contribution < -0.4 is 0 Å². The van der Waals surface area contributed by atoms with Crippen molar-refractivity contribution in [2.45, 2.75) is 33.2 Å². The summed E-state index contributed by atoms with van der Waals surface area (Å²) < 4.78 is 1.01. The SMILES string of the molecule is C=C[N+](CCC)(CCC)Cc1ccccc1. The summed E-state index contributed by atoms with van der Waals surface area (Å²) in [6.07, 6.45) is 4.54. The summed E-state index contributed by atoms with van der Waals surface area (Å²) in [5.74, 6) is 0. The molecule has 0 radical (unpaired) electrons. The Bertz CT molecular complexity index is 296. The number of benzene rings is 1. The molecule has 0 bridgehead atoms. The van der Waals surface area contributed by atoms with Crippen LogP contribution in [-0.4, -0.2) is 17.6 Å². The molecule has 0 unspecified atom stereocenters. The minimum atomic E-state index is 1.01. The third-order valence-electron chi connectivity index (χ3n) is 3.07. The number of nitrogens with zero attached hydrogens (tertiary/aromatic N) is 1. The molecule has 0 fully saturated rings. The van der Waals surface area contributed by atoms with Crippen molar-refractivity contribution >= 4 is 0 Å². The highest BCUT2D eigenvalue weighted by Crippen LogP contribution is 2.17. The van der Waals surface area contributed by atoms with Gasteiger partial charge in [0.25, 0.3) is 0 Å². The summed E-state index contributed by atoms with van der Waals surface area (Å²) in [5, 5.41) is 0. The smallest absolute Gasteiger partial charge is 0.109 e. The van der Waals surface area contributed by atoms with Crippen molar-refractivity contribution in [2.24, 2.45) is 0 Å². The molecule has 0 aromatic heterocycles. The third-order valence-corrected chi connectivity index (χ3v) is 3.07. The van der Waals surface area contributed by atoms with Crippen LogP contribution in [-0.2, 0) is 6.54 Å². The number of quaternary nitrogens is 1. The Hall–Kier alpha value is -1.08. The molecule has 88 valence electrons. The van der Waals surface area contributed by atoms with Gasteiger partial charge in [-0.3, -0.25) is 4.48 Å². The molecule has 0 aliphatic rings. The van der Waals surface area contributed by atoms with Crippen molar-refractivity contribution in [3.8, 4) is 0 Å². The minimum absolute atomic E-state index is 1.01. The van der Waals surface area contributed by atoms with E-state index in [4.69, 9.17) is 0 Å². The molecular weight excluding hydrogens is 194 g/mol. The Balaban J connectivity index is 2.80. The van der Waals surface area contributed by atoms with E-state index in [1.165, 1.54) is 31.5 Å². The maximum Gasteiger partial charge on any atom is 0.109 e. The molecule has 0 spiro atoms. The average Bonchev–Trinajstić information content (AvgIpc) is 2.31. The largest absolute Gasteiger partial charge is 0.294 e. The van der Waals surface area contributed by atoms with Crippen molar-refractivity contribution in [1.82, 2.24) is 0 Å². The van der Waals surface area contributed by atoms with E-state index in [2.05, 4.69) is 57.0 Å². The highest BCUT2D eigenvalue weighted by Gasteiger charge is 2.22. The maximum absolute atomic E-state index is 4.04. The molecular formula is C15H24N+. The van der Waals surface area contributed by atoms with Crippen molar-refractivity contribution in [2.75, 3.05) is 13.1 Å². The van der Waals surface area contributed by atoms with Crippen LogP contribution in [0.4, 0.5) is 0 Å². The van der Waals surface area contributed by atoms with Gasteiger partial charge in [0.2, 0.25) is 0 Å². The molecule has 0 saturated heterocycles. The number of hydrogen-bond acceptors (Lipinski definition) is 0. The van der Waals surface area contributed by atoms with E-state index in [9.17, 15) is 0 Å². The lowest BCUT2D eigenvalue weighted by molar-refractivity contribution is -0.892. The summed E-state index contributed by atoms with van der Waals surface area (Å²) in [6.45, 7) is 12.0. The Morgan fingerprint density at radius 1 is 1.06 bits per heavy atom. The van der Waals surface area contributed by atoms with Crippen molar-refractivity contribution < 1.29 is 4.48 Å². The fourth-order valence-corrected chi connectivity index (χ4v) is 2.35. The topological polar surface area (TPSA) is 0 Å². The van der Waals surface area contributed by atoms with E-state index in [1.54, 1.807) is 0 Å². The van der Waals surface area contributed by atoms with Crippen LogP contribution in [0.25, 0.3) is 0 Å². The maximum atomic E-state index is 4.04. The molecule has 0 atom stereocenters. The van der Waals surface area contributed by atoms with Crippen molar-refractivity contribution in [3.05, 3.63) is 48.7 Å². The van der Waals surface area contributed by atoms with Crippen molar-refractivity contribution in [1.29, 1.82) is 0 Å². The molecule has 0 amide bonds. The molecule has 0 aliphatic heterocycles. The van der Waals surface area contributed by atoms with Crippen molar-refractivity contribution in [3.63, 3.8) is 0 Å². The first-order valence-electron chi connectivity index (χ1n) is 6.29. The lowest BCUT2D eigenvalue weighted by Crippen LogP contribution is -2.43. The van der Waals surface area contributed by atoms with Crippen LogP contribution in [0.5, 0.6) is 0 Å². The molecule has 0 N–H and O–H groups in total. The quantitative estimate of drug-likeness (QED) is 0.608. The zero-order valence-electron chi connectivity index (χ0n) is 10.7. The van der Waals surface area contributed by atoms with E-state index in [0.29, 0.717) is 0 Å². The van der Waals surface area contributed by atoms with E-state index in [0.717, 1.165) is 11.0 Å². The van der Waals surface area contributed by atoms with Crippen LogP contribution in [0.3, 0.4) is 0 Å². The van der Waals surface area contributed by atoms with Gasteiger partial charge in [-0.1, -0.05) is 44.2 Å². The second-order valence-electron chi connectivity index (χ2n) is 4.49. The molecule has 16 heavy (non-hydrogen) atoms. The molecule has 1 heteroatoms. The predicted octanol–water partition coefficient (Wildman–Crippen LogP) is 3.97. The first-order chi connectivity index (χ1) is 7.76. The van der Waals surface area contributed by atoms with Gasteiger partial charge < -0.3 is 0 Å². The molecule has 1 aromatic carbocycles. The monoisotopic (exact) mass is 218 g/mol. The molecule has 1 aromatic rings. The van der Waals surface area contributed by atoms with Gasteiger partial charge in [-0.25, -0.2) is 0 Å². The van der Waals surface area contributed by atoms with Crippen LogP contribution in [0.2, 0.25) is 0 Å². The zero-order chi connectivity index (χ0) is 11.9. The molecule has 0 saturated carbocycles. The Morgan fingerprint density at radius 3 is 2.06 bits per heavy atom. The van der Waals surface area contributed by atoms with Gasteiger partial charge in [0.15, 0.2) is 0 Å². The Kier molecular flexibility index (Phi) is 5.27. The first-order valence-corrected chi connectivity index (χ1v) is 6.29. The van der Waals surface area contributed by atoms with Gasteiger partial charge in [-0.05, 0) is 19.4 Å².